The summed E-state index contributed by atoms with van der Waals surface area (Å²) in [5.41, 5.74) is 1.21. The standard InChI is InChI=1S/C14H14FN3O/c1-9-5-3-8-12(17-9)18-14(19)10-6-4-7-11(15)13(10)16-2/h3-8,16H,1-2H3,(H,17,18,19). The lowest BCUT2D eigenvalue weighted by Gasteiger charge is -2.10. The molecular weight excluding hydrogens is 245 g/mol. The van der Waals surface area contributed by atoms with Crippen molar-refractivity contribution < 1.29 is 9.18 Å². The van der Waals surface area contributed by atoms with Gasteiger partial charge in [-0.15, -0.1) is 0 Å². The van der Waals surface area contributed by atoms with Crippen LogP contribution in [0.15, 0.2) is 36.4 Å². The fourth-order valence-corrected chi connectivity index (χ4v) is 1.76. The van der Waals surface area contributed by atoms with E-state index in [2.05, 4.69) is 15.6 Å². The number of halogens is 1. The molecule has 1 heterocycles. The summed E-state index contributed by atoms with van der Waals surface area (Å²) in [6, 6.07) is 9.66. The number of carbonyl (C=O) groups excluding carboxylic acids is 1. The molecule has 0 atom stereocenters. The first kappa shape index (κ1) is 13.0. The molecule has 0 saturated heterocycles. The molecule has 5 heteroatoms. The number of para-hydroxylation sites is 1. The van der Waals surface area contributed by atoms with Crippen molar-refractivity contribution in [2.75, 3.05) is 17.7 Å². The molecule has 4 nitrogen and oxygen atoms in total. The molecule has 98 valence electrons. The van der Waals surface area contributed by atoms with Crippen LogP contribution in [0.1, 0.15) is 16.1 Å². The molecule has 0 aliphatic carbocycles. The van der Waals surface area contributed by atoms with E-state index in [1.165, 1.54) is 12.1 Å². The second-order valence-electron chi connectivity index (χ2n) is 4.03. The van der Waals surface area contributed by atoms with Gasteiger partial charge in [-0.3, -0.25) is 4.79 Å². The zero-order valence-electron chi connectivity index (χ0n) is 10.7. The molecule has 0 saturated carbocycles. The molecular formula is C14H14FN3O. The number of benzene rings is 1. The molecule has 0 unspecified atom stereocenters. The highest BCUT2D eigenvalue weighted by Crippen LogP contribution is 2.20. The highest BCUT2D eigenvalue weighted by molar-refractivity contribution is 6.07. The molecule has 1 aromatic carbocycles. The van der Waals surface area contributed by atoms with Crippen molar-refractivity contribution in [3.8, 4) is 0 Å². The first-order valence-electron chi connectivity index (χ1n) is 5.83. The number of pyridine rings is 1. The maximum Gasteiger partial charge on any atom is 0.259 e. The Labute approximate surface area is 110 Å². The third-order valence-electron chi connectivity index (χ3n) is 2.64. The lowest BCUT2D eigenvalue weighted by atomic mass is 10.1. The Bertz CT molecular complexity index is 613. The number of amides is 1. The van der Waals surface area contributed by atoms with Crippen LogP contribution in [0.5, 0.6) is 0 Å². The van der Waals surface area contributed by atoms with Gasteiger partial charge in [-0.05, 0) is 31.2 Å². The van der Waals surface area contributed by atoms with E-state index in [0.29, 0.717) is 5.82 Å². The molecule has 2 N–H and O–H groups in total. The van der Waals surface area contributed by atoms with Crippen LogP contribution in [-0.4, -0.2) is 17.9 Å². The van der Waals surface area contributed by atoms with Crippen LogP contribution in [0.3, 0.4) is 0 Å². The third kappa shape index (κ3) is 2.88. The topological polar surface area (TPSA) is 54.0 Å². The molecule has 2 rings (SSSR count). The van der Waals surface area contributed by atoms with Crippen molar-refractivity contribution in [2.45, 2.75) is 6.92 Å². The molecule has 2 aromatic rings. The average molecular weight is 259 g/mol. The second kappa shape index (κ2) is 5.48. The van der Waals surface area contributed by atoms with E-state index in [1.54, 1.807) is 25.2 Å². The van der Waals surface area contributed by atoms with Crippen molar-refractivity contribution >= 4 is 17.4 Å². The number of anilines is 2. The van der Waals surface area contributed by atoms with E-state index < -0.39 is 11.7 Å². The van der Waals surface area contributed by atoms with Crippen molar-refractivity contribution in [1.82, 2.24) is 4.98 Å². The van der Waals surface area contributed by atoms with Crippen molar-refractivity contribution in [3.05, 3.63) is 53.5 Å². The smallest absolute Gasteiger partial charge is 0.259 e. The highest BCUT2D eigenvalue weighted by atomic mass is 19.1. The van der Waals surface area contributed by atoms with Gasteiger partial charge < -0.3 is 10.6 Å². The van der Waals surface area contributed by atoms with E-state index in [0.717, 1.165) is 5.69 Å². The lowest BCUT2D eigenvalue weighted by molar-refractivity contribution is 0.102. The summed E-state index contributed by atoms with van der Waals surface area (Å²) in [4.78, 5) is 16.3. The SMILES string of the molecule is CNc1c(F)cccc1C(=O)Nc1cccc(C)n1. The molecule has 0 aliphatic rings. The summed E-state index contributed by atoms with van der Waals surface area (Å²) in [5, 5.41) is 5.33. The highest BCUT2D eigenvalue weighted by Gasteiger charge is 2.14. The number of carbonyl (C=O) groups is 1. The van der Waals surface area contributed by atoms with Gasteiger partial charge in [-0.1, -0.05) is 12.1 Å². The van der Waals surface area contributed by atoms with Crippen LogP contribution in [0.25, 0.3) is 0 Å². The van der Waals surface area contributed by atoms with Crippen LogP contribution in [0.4, 0.5) is 15.9 Å². The van der Waals surface area contributed by atoms with E-state index in [-0.39, 0.29) is 11.3 Å². The Kier molecular flexibility index (Phi) is 3.75. The molecule has 0 radical (unpaired) electrons. The second-order valence-corrected chi connectivity index (χ2v) is 4.03. The Morgan fingerprint density at radius 1 is 1.21 bits per heavy atom. The number of aryl methyl sites for hydroxylation is 1. The number of nitrogens with zero attached hydrogens (tertiary/aromatic N) is 1. The Morgan fingerprint density at radius 3 is 2.63 bits per heavy atom. The zero-order valence-corrected chi connectivity index (χ0v) is 10.7. The summed E-state index contributed by atoms with van der Waals surface area (Å²) in [5.74, 6) is -0.425. The van der Waals surface area contributed by atoms with Gasteiger partial charge in [0.05, 0.1) is 11.3 Å². The van der Waals surface area contributed by atoms with Crippen LogP contribution < -0.4 is 10.6 Å². The summed E-state index contributed by atoms with van der Waals surface area (Å²) < 4.78 is 13.6. The number of hydrogen-bond donors (Lipinski definition) is 2. The minimum atomic E-state index is -0.465. The Balaban J connectivity index is 2.28. The van der Waals surface area contributed by atoms with Crippen molar-refractivity contribution in [1.29, 1.82) is 0 Å². The van der Waals surface area contributed by atoms with Crippen molar-refractivity contribution in [2.24, 2.45) is 0 Å². The van der Waals surface area contributed by atoms with Gasteiger partial charge >= 0.3 is 0 Å². The average Bonchev–Trinajstić information content (AvgIpc) is 2.38. The molecule has 0 fully saturated rings. The minimum Gasteiger partial charge on any atom is -0.385 e. The van der Waals surface area contributed by atoms with Gasteiger partial charge in [-0.2, -0.15) is 0 Å². The van der Waals surface area contributed by atoms with Crippen LogP contribution in [-0.2, 0) is 0 Å². The predicted octanol–water partition coefficient (Wildman–Crippen LogP) is 2.82. The van der Waals surface area contributed by atoms with Gasteiger partial charge in [0, 0.05) is 12.7 Å². The Hall–Kier alpha value is -2.43. The largest absolute Gasteiger partial charge is 0.385 e. The zero-order chi connectivity index (χ0) is 13.8. The number of rotatable bonds is 3. The third-order valence-corrected chi connectivity index (χ3v) is 2.64. The van der Waals surface area contributed by atoms with Crippen LogP contribution in [0.2, 0.25) is 0 Å². The van der Waals surface area contributed by atoms with E-state index in [9.17, 15) is 9.18 Å². The van der Waals surface area contributed by atoms with Gasteiger partial charge in [0.25, 0.3) is 5.91 Å². The quantitative estimate of drug-likeness (QED) is 0.891. The summed E-state index contributed by atoms with van der Waals surface area (Å²) in [6.45, 7) is 1.83. The number of aromatic nitrogens is 1. The fraction of sp³-hybridized carbons (Fsp3) is 0.143. The lowest BCUT2D eigenvalue weighted by Crippen LogP contribution is -2.15. The van der Waals surface area contributed by atoms with E-state index >= 15 is 0 Å². The number of nitrogens with one attached hydrogen (secondary N) is 2. The first-order chi connectivity index (χ1) is 9.11. The molecule has 0 aliphatic heterocycles. The molecule has 1 amide bonds. The normalized spacial score (nSPS) is 10.1. The summed E-state index contributed by atoms with van der Waals surface area (Å²) in [6.07, 6.45) is 0. The van der Waals surface area contributed by atoms with Crippen LogP contribution in [0, 0.1) is 12.7 Å². The van der Waals surface area contributed by atoms with Gasteiger partial charge in [0.2, 0.25) is 0 Å². The fourth-order valence-electron chi connectivity index (χ4n) is 1.76. The molecule has 0 spiro atoms. The Morgan fingerprint density at radius 2 is 1.95 bits per heavy atom. The summed E-state index contributed by atoms with van der Waals surface area (Å²) in [7, 11) is 1.57. The van der Waals surface area contributed by atoms with E-state index in [1.807, 2.05) is 13.0 Å². The molecule has 19 heavy (non-hydrogen) atoms. The number of hydrogen-bond acceptors (Lipinski definition) is 3. The molecule has 1 aromatic heterocycles. The first-order valence-corrected chi connectivity index (χ1v) is 5.83. The predicted molar refractivity (Wildman–Crippen MR) is 72.9 cm³/mol. The van der Waals surface area contributed by atoms with E-state index in [4.69, 9.17) is 0 Å². The van der Waals surface area contributed by atoms with Crippen LogP contribution >= 0.6 is 0 Å². The monoisotopic (exact) mass is 259 g/mol. The maximum absolute atomic E-state index is 13.6. The van der Waals surface area contributed by atoms with Gasteiger partial charge in [0.15, 0.2) is 0 Å². The maximum atomic E-state index is 13.6. The summed E-state index contributed by atoms with van der Waals surface area (Å²) >= 11 is 0. The van der Waals surface area contributed by atoms with Crippen molar-refractivity contribution in [3.63, 3.8) is 0 Å². The minimum absolute atomic E-state index is 0.174. The molecule has 0 bridgehead atoms. The van der Waals surface area contributed by atoms with Gasteiger partial charge in [0.1, 0.15) is 11.6 Å². The van der Waals surface area contributed by atoms with Gasteiger partial charge in [-0.25, -0.2) is 9.37 Å².